The Labute approximate surface area is 117 Å². The summed E-state index contributed by atoms with van der Waals surface area (Å²) in [4.78, 5) is 29.2. The van der Waals surface area contributed by atoms with Crippen LogP contribution in [0.15, 0.2) is 24.7 Å². The van der Waals surface area contributed by atoms with Gasteiger partial charge in [-0.15, -0.1) is 0 Å². The van der Waals surface area contributed by atoms with Crippen molar-refractivity contribution < 1.29 is 4.79 Å². The minimum absolute atomic E-state index is 0.0285. The van der Waals surface area contributed by atoms with E-state index in [1.54, 1.807) is 24.7 Å². The number of pyridine rings is 1. The van der Waals surface area contributed by atoms with Gasteiger partial charge in [0.15, 0.2) is 5.65 Å². The summed E-state index contributed by atoms with van der Waals surface area (Å²) in [5, 5.41) is 0. The summed E-state index contributed by atoms with van der Waals surface area (Å²) in [6.07, 6.45) is 4.80. The highest BCUT2D eigenvalue weighted by Crippen LogP contribution is 2.12. The Balaban J connectivity index is 1.79. The molecule has 1 amide bonds. The number of rotatable bonds is 2. The van der Waals surface area contributed by atoms with Gasteiger partial charge in [-0.2, -0.15) is 0 Å². The quantitative estimate of drug-likeness (QED) is 0.808. The molecule has 1 aliphatic rings. The summed E-state index contributed by atoms with van der Waals surface area (Å²) < 4.78 is 0. The zero-order chi connectivity index (χ0) is 13.9. The largest absolute Gasteiger partial charge is 0.336 e. The van der Waals surface area contributed by atoms with Crippen molar-refractivity contribution in [3.8, 4) is 0 Å². The smallest absolute Gasteiger partial charge is 0.255 e. The molecule has 0 aromatic carbocycles. The lowest BCUT2D eigenvalue weighted by Crippen LogP contribution is -2.48. The second-order valence-electron chi connectivity index (χ2n) is 4.85. The summed E-state index contributed by atoms with van der Waals surface area (Å²) in [7, 11) is 0. The highest BCUT2D eigenvalue weighted by molar-refractivity contribution is 5.96. The lowest BCUT2D eigenvalue weighted by molar-refractivity contribution is 0.0643. The van der Waals surface area contributed by atoms with Gasteiger partial charge in [0, 0.05) is 44.8 Å². The summed E-state index contributed by atoms with van der Waals surface area (Å²) in [5.41, 5.74) is 1.81. The number of fused-ring (bicyclic) bond motifs is 1. The fourth-order valence-electron chi connectivity index (χ4n) is 2.42. The second-order valence-corrected chi connectivity index (χ2v) is 4.85. The number of carbonyl (C=O) groups is 1. The molecule has 3 heterocycles. The van der Waals surface area contributed by atoms with Crippen LogP contribution in [0.5, 0.6) is 0 Å². The molecule has 2 aromatic rings. The van der Waals surface area contributed by atoms with Crippen LogP contribution < -0.4 is 0 Å². The Kier molecular flexibility index (Phi) is 3.56. The Morgan fingerprint density at radius 3 is 2.65 bits per heavy atom. The van der Waals surface area contributed by atoms with Gasteiger partial charge in [0.2, 0.25) is 0 Å². The summed E-state index contributed by atoms with van der Waals surface area (Å²) >= 11 is 0. The molecule has 0 bridgehead atoms. The molecule has 2 aromatic heterocycles. The van der Waals surface area contributed by atoms with Crippen LogP contribution >= 0.6 is 0 Å². The molecule has 0 saturated carbocycles. The van der Waals surface area contributed by atoms with Crippen LogP contribution in [0, 0.1) is 0 Å². The van der Waals surface area contributed by atoms with Crippen molar-refractivity contribution >= 4 is 17.1 Å². The zero-order valence-corrected chi connectivity index (χ0v) is 11.5. The fraction of sp³-hybridized carbons (Fsp3) is 0.429. The lowest BCUT2D eigenvalue weighted by Gasteiger charge is -2.34. The molecule has 6 heteroatoms. The van der Waals surface area contributed by atoms with E-state index in [-0.39, 0.29) is 5.91 Å². The van der Waals surface area contributed by atoms with Crippen molar-refractivity contribution in [1.29, 1.82) is 0 Å². The van der Waals surface area contributed by atoms with Crippen LogP contribution in [0.2, 0.25) is 0 Å². The summed E-state index contributed by atoms with van der Waals surface area (Å²) in [6, 6.07) is 1.77. The number of piperazine rings is 1. The van der Waals surface area contributed by atoms with Gasteiger partial charge >= 0.3 is 0 Å². The molecular weight excluding hydrogens is 254 g/mol. The van der Waals surface area contributed by atoms with Gasteiger partial charge in [-0.1, -0.05) is 6.92 Å². The molecular formula is C14H17N5O. The van der Waals surface area contributed by atoms with Crippen molar-refractivity contribution in [3.63, 3.8) is 0 Å². The van der Waals surface area contributed by atoms with Crippen LogP contribution in [0.3, 0.4) is 0 Å². The van der Waals surface area contributed by atoms with E-state index < -0.39 is 0 Å². The SMILES string of the molecule is CCN1CCN(C(=O)c2cnc3nccnc3c2)CC1. The normalized spacial score (nSPS) is 16.6. The molecule has 0 atom stereocenters. The van der Waals surface area contributed by atoms with Gasteiger partial charge in [-0.3, -0.25) is 9.78 Å². The Morgan fingerprint density at radius 1 is 1.15 bits per heavy atom. The van der Waals surface area contributed by atoms with Crippen molar-refractivity contribution in [2.75, 3.05) is 32.7 Å². The third-order valence-corrected chi connectivity index (χ3v) is 3.68. The van der Waals surface area contributed by atoms with Crippen LogP contribution in [-0.4, -0.2) is 63.4 Å². The van der Waals surface area contributed by atoms with Gasteiger partial charge < -0.3 is 9.80 Å². The zero-order valence-electron chi connectivity index (χ0n) is 11.5. The van der Waals surface area contributed by atoms with E-state index in [0.29, 0.717) is 16.7 Å². The maximum atomic E-state index is 12.5. The Hall–Kier alpha value is -2.08. The van der Waals surface area contributed by atoms with Gasteiger partial charge in [0.05, 0.1) is 5.56 Å². The summed E-state index contributed by atoms with van der Waals surface area (Å²) in [5.74, 6) is 0.0285. The molecule has 3 rings (SSSR count). The second kappa shape index (κ2) is 5.50. The van der Waals surface area contributed by atoms with Crippen LogP contribution in [0.25, 0.3) is 11.2 Å². The van der Waals surface area contributed by atoms with E-state index in [1.807, 2.05) is 4.90 Å². The number of nitrogens with zero attached hydrogens (tertiary/aromatic N) is 5. The first kappa shape index (κ1) is 12.9. The van der Waals surface area contributed by atoms with E-state index in [2.05, 4.69) is 26.8 Å². The molecule has 1 fully saturated rings. The number of hydrogen-bond donors (Lipinski definition) is 0. The fourth-order valence-corrected chi connectivity index (χ4v) is 2.42. The van der Waals surface area contributed by atoms with Crippen molar-refractivity contribution in [2.45, 2.75) is 6.92 Å². The number of hydrogen-bond acceptors (Lipinski definition) is 5. The Bertz CT molecular complexity index is 622. The van der Waals surface area contributed by atoms with Crippen LogP contribution in [-0.2, 0) is 0 Å². The first-order valence-electron chi connectivity index (χ1n) is 6.86. The Morgan fingerprint density at radius 2 is 1.90 bits per heavy atom. The average molecular weight is 271 g/mol. The maximum absolute atomic E-state index is 12.5. The number of amides is 1. The van der Waals surface area contributed by atoms with E-state index in [1.165, 1.54) is 0 Å². The molecule has 1 saturated heterocycles. The third kappa shape index (κ3) is 2.46. The van der Waals surface area contributed by atoms with Gasteiger partial charge in [-0.05, 0) is 12.6 Å². The molecule has 20 heavy (non-hydrogen) atoms. The van der Waals surface area contributed by atoms with Crippen molar-refractivity contribution in [1.82, 2.24) is 24.8 Å². The summed E-state index contributed by atoms with van der Waals surface area (Å²) in [6.45, 7) is 6.58. The van der Waals surface area contributed by atoms with Gasteiger partial charge in [0.25, 0.3) is 5.91 Å². The molecule has 0 radical (unpaired) electrons. The van der Waals surface area contributed by atoms with Gasteiger partial charge in [0.1, 0.15) is 5.52 Å². The number of aromatic nitrogens is 3. The topological polar surface area (TPSA) is 62.2 Å². The van der Waals surface area contributed by atoms with Gasteiger partial charge in [-0.25, -0.2) is 9.97 Å². The highest BCUT2D eigenvalue weighted by Gasteiger charge is 2.21. The lowest BCUT2D eigenvalue weighted by atomic mass is 10.2. The molecule has 104 valence electrons. The first-order valence-corrected chi connectivity index (χ1v) is 6.86. The first-order chi connectivity index (χ1) is 9.78. The molecule has 0 aliphatic carbocycles. The number of likely N-dealkylation sites (N-methyl/N-ethyl adjacent to an activating group) is 1. The van der Waals surface area contributed by atoms with E-state index in [4.69, 9.17) is 0 Å². The predicted molar refractivity (Wildman–Crippen MR) is 75.4 cm³/mol. The predicted octanol–water partition coefficient (Wildman–Crippen LogP) is 0.802. The van der Waals surface area contributed by atoms with Crippen molar-refractivity contribution in [2.24, 2.45) is 0 Å². The highest BCUT2D eigenvalue weighted by atomic mass is 16.2. The van der Waals surface area contributed by atoms with E-state index >= 15 is 0 Å². The molecule has 1 aliphatic heterocycles. The van der Waals surface area contributed by atoms with E-state index in [9.17, 15) is 4.79 Å². The molecule has 6 nitrogen and oxygen atoms in total. The monoisotopic (exact) mass is 271 g/mol. The minimum atomic E-state index is 0.0285. The molecule has 0 spiro atoms. The number of carbonyl (C=O) groups excluding carboxylic acids is 1. The average Bonchev–Trinajstić information content (AvgIpc) is 2.54. The minimum Gasteiger partial charge on any atom is -0.336 e. The maximum Gasteiger partial charge on any atom is 0.255 e. The van der Waals surface area contributed by atoms with Crippen LogP contribution in [0.1, 0.15) is 17.3 Å². The molecule has 0 N–H and O–H groups in total. The van der Waals surface area contributed by atoms with Crippen molar-refractivity contribution in [3.05, 3.63) is 30.2 Å². The molecule has 0 unspecified atom stereocenters. The van der Waals surface area contributed by atoms with Crippen LogP contribution in [0.4, 0.5) is 0 Å². The third-order valence-electron chi connectivity index (χ3n) is 3.68. The standard InChI is InChI=1S/C14H17N5O/c1-2-18-5-7-19(8-6-18)14(20)11-9-12-13(17-10-11)16-4-3-15-12/h3-4,9-10H,2,5-8H2,1H3. The van der Waals surface area contributed by atoms with E-state index in [0.717, 1.165) is 32.7 Å².